The van der Waals surface area contributed by atoms with Crippen LogP contribution in [0.25, 0.3) is 0 Å². The SMILES string of the molecule is COc1cc(CN2CCN(CC(C)C)CC2)ccc1C#N. The Balaban J connectivity index is 1.90. The van der Waals surface area contributed by atoms with E-state index in [1.807, 2.05) is 18.2 Å². The molecule has 0 aromatic heterocycles. The molecule has 0 saturated carbocycles. The summed E-state index contributed by atoms with van der Waals surface area (Å²) in [6, 6.07) is 8.02. The van der Waals surface area contributed by atoms with Crippen LogP contribution in [0, 0.1) is 17.2 Å². The number of ether oxygens (including phenoxy) is 1. The Bertz CT molecular complexity index is 499. The minimum absolute atomic E-state index is 0.600. The fourth-order valence-corrected chi connectivity index (χ4v) is 2.83. The Kier molecular flexibility index (Phi) is 5.60. The third-order valence-electron chi connectivity index (χ3n) is 3.88. The van der Waals surface area contributed by atoms with Crippen molar-refractivity contribution in [1.82, 2.24) is 9.80 Å². The Morgan fingerprint density at radius 3 is 2.43 bits per heavy atom. The molecule has 0 spiro atoms. The monoisotopic (exact) mass is 287 g/mol. The smallest absolute Gasteiger partial charge is 0.136 e. The zero-order valence-corrected chi connectivity index (χ0v) is 13.3. The Morgan fingerprint density at radius 2 is 1.86 bits per heavy atom. The Labute approximate surface area is 127 Å². The van der Waals surface area contributed by atoms with Gasteiger partial charge < -0.3 is 9.64 Å². The maximum Gasteiger partial charge on any atom is 0.136 e. The topological polar surface area (TPSA) is 39.5 Å². The largest absolute Gasteiger partial charge is 0.495 e. The minimum Gasteiger partial charge on any atom is -0.495 e. The zero-order valence-electron chi connectivity index (χ0n) is 13.3. The van der Waals surface area contributed by atoms with Crippen LogP contribution < -0.4 is 4.74 Å². The van der Waals surface area contributed by atoms with Gasteiger partial charge in [-0.3, -0.25) is 4.90 Å². The van der Waals surface area contributed by atoms with Gasteiger partial charge in [0.1, 0.15) is 11.8 Å². The predicted molar refractivity (Wildman–Crippen MR) is 84.3 cm³/mol. The van der Waals surface area contributed by atoms with Gasteiger partial charge in [0.05, 0.1) is 12.7 Å². The first-order chi connectivity index (χ1) is 10.1. The molecule has 0 amide bonds. The second kappa shape index (κ2) is 7.44. The van der Waals surface area contributed by atoms with E-state index in [1.54, 1.807) is 7.11 Å². The molecule has 0 radical (unpaired) electrons. The summed E-state index contributed by atoms with van der Waals surface area (Å²) in [6.45, 7) is 11.2. The van der Waals surface area contributed by atoms with Crippen LogP contribution in [0.4, 0.5) is 0 Å². The number of hydrogen-bond donors (Lipinski definition) is 0. The van der Waals surface area contributed by atoms with Crippen molar-refractivity contribution in [2.24, 2.45) is 5.92 Å². The average Bonchev–Trinajstić information content (AvgIpc) is 2.48. The van der Waals surface area contributed by atoms with E-state index in [0.717, 1.165) is 38.6 Å². The molecule has 0 atom stereocenters. The van der Waals surface area contributed by atoms with E-state index in [4.69, 9.17) is 10.00 Å². The van der Waals surface area contributed by atoms with Crippen molar-refractivity contribution in [2.75, 3.05) is 39.8 Å². The summed E-state index contributed by atoms with van der Waals surface area (Å²) in [6.07, 6.45) is 0. The molecule has 0 N–H and O–H groups in total. The highest BCUT2D eigenvalue weighted by Crippen LogP contribution is 2.20. The van der Waals surface area contributed by atoms with Crippen molar-refractivity contribution < 1.29 is 4.74 Å². The van der Waals surface area contributed by atoms with Gasteiger partial charge in [0.15, 0.2) is 0 Å². The van der Waals surface area contributed by atoms with Gasteiger partial charge in [-0.1, -0.05) is 19.9 Å². The zero-order chi connectivity index (χ0) is 15.2. The molecule has 0 unspecified atom stereocenters. The van der Waals surface area contributed by atoms with E-state index < -0.39 is 0 Å². The molecule has 0 aliphatic carbocycles. The van der Waals surface area contributed by atoms with Gasteiger partial charge in [-0.05, 0) is 23.6 Å². The van der Waals surface area contributed by atoms with E-state index in [1.165, 1.54) is 12.1 Å². The molecule has 114 valence electrons. The van der Waals surface area contributed by atoms with Crippen LogP contribution in [-0.2, 0) is 6.54 Å². The maximum atomic E-state index is 9.02. The molecule has 1 aromatic carbocycles. The average molecular weight is 287 g/mol. The fraction of sp³-hybridized carbons (Fsp3) is 0.588. The molecular weight excluding hydrogens is 262 g/mol. The van der Waals surface area contributed by atoms with E-state index in [9.17, 15) is 0 Å². The van der Waals surface area contributed by atoms with Gasteiger partial charge in [-0.25, -0.2) is 0 Å². The van der Waals surface area contributed by atoms with Crippen LogP contribution >= 0.6 is 0 Å². The minimum atomic E-state index is 0.600. The van der Waals surface area contributed by atoms with E-state index in [-0.39, 0.29) is 0 Å². The van der Waals surface area contributed by atoms with Crippen molar-refractivity contribution in [3.05, 3.63) is 29.3 Å². The van der Waals surface area contributed by atoms with Crippen molar-refractivity contribution in [2.45, 2.75) is 20.4 Å². The molecule has 0 bridgehead atoms. The van der Waals surface area contributed by atoms with Gasteiger partial charge in [-0.2, -0.15) is 5.26 Å². The first-order valence-corrected chi connectivity index (χ1v) is 7.64. The number of hydrogen-bond acceptors (Lipinski definition) is 4. The first kappa shape index (κ1) is 15.8. The van der Waals surface area contributed by atoms with Crippen LogP contribution in [0.1, 0.15) is 25.0 Å². The Hall–Kier alpha value is -1.57. The standard InChI is InChI=1S/C17H25N3O/c1-14(2)12-19-6-8-20(9-7-19)13-15-4-5-16(11-18)17(10-15)21-3/h4-5,10,14H,6-9,12-13H2,1-3H3. The predicted octanol–water partition coefficient (Wildman–Crippen LogP) is 2.34. The highest BCUT2D eigenvalue weighted by molar-refractivity contribution is 5.45. The second-order valence-corrected chi connectivity index (χ2v) is 6.12. The molecular formula is C17H25N3O. The normalized spacial score (nSPS) is 16.9. The van der Waals surface area contributed by atoms with Crippen molar-refractivity contribution in [3.63, 3.8) is 0 Å². The maximum absolute atomic E-state index is 9.02. The first-order valence-electron chi connectivity index (χ1n) is 7.64. The summed E-state index contributed by atoms with van der Waals surface area (Å²) in [5.74, 6) is 1.41. The summed E-state index contributed by atoms with van der Waals surface area (Å²) >= 11 is 0. The van der Waals surface area contributed by atoms with Crippen LogP contribution in [0.5, 0.6) is 5.75 Å². The third-order valence-corrected chi connectivity index (χ3v) is 3.88. The summed E-state index contributed by atoms with van der Waals surface area (Å²) in [5, 5.41) is 9.02. The van der Waals surface area contributed by atoms with Gasteiger partial charge in [-0.15, -0.1) is 0 Å². The molecule has 1 fully saturated rings. The van der Waals surface area contributed by atoms with Gasteiger partial charge in [0, 0.05) is 39.3 Å². The summed E-state index contributed by atoms with van der Waals surface area (Å²) < 4.78 is 5.28. The van der Waals surface area contributed by atoms with Crippen molar-refractivity contribution in [1.29, 1.82) is 5.26 Å². The van der Waals surface area contributed by atoms with E-state index in [2.05, 4.69) is 29.7 Å². The fourth-order valence-electron chi connectivity index (χ4n) is 2.83. The van der Waals surface area contributed by atoms with Crippen molar-refractivity contribution >= 4 is 0 Å². The van der Waals surface area contributed by atoms with Gasteiger partial charge in [0.25, 0.3) is 0 Å². The summed E-state index contributed by atoms with van der Waals surface area (Å²) in [4.78, 5) is 5.01. The number of methoxy groups -OCH3 is 1. The number of nitriles is 1. The lowest BCUT2D eigenvalue weighted by Gasteiger charge is -2.35. The highest BCUT2D eigenvalue weighted by atomic mass is 16.5. The molecule has 4 heteroatoms. The van der Waals surface area contributed by atoms with Gasteiger partial charge in [0.2, 0.25) is 0 Å². The lowest BCUT2D eigenvalue weighted by molar-refractivity contribution is 0.117. The van der Waals surface area contributed by atoms with Crippen LogP contribution in [0.3, 0.4) is 0 Å². The quantitative estimate of drug-likeness (QED) is 0.833. The molecule has 1 aliphatic rings. The summed E-state index contributed by atoms with van der Waals surface area (Å²) in [5.41, 5.74) is 1.81. The van der Waals surface area contributed by atoms with Crippen LogP contribution in [0.15, 0.2) is 18.2 Å². The summed E-state index contributed by atoms with van der Waals surface area (Å²) in [7, 11) is 1.62. The lowest BCUT2D eigenvalue weighted by Crippen LogP contribution is -2.46. The number of piperazine rings is 1. The molecule has 1 aromatic rings. The highest BCUT2D eigenvalue weighted by Gasteiger charge is 2.17. The lowest BCUT2D eigenvalue weighted by atomic mass is 10.1. The Morgan fingerprint density at radius 1 is 1.19 bits per heavy atom. The van der Waals surface area contributed by atoms with Crippen LogP contribution in [-0.4, -0.2) is 49.6 Å². The van der Waals surface area contributed by atoms with Crippen LogP contribution in [0.2, 0.25) is 0 Å². The van der Waals surface area contributed by atoms with Gasteiger partial charge >= 0.3 is 0 Å². The number of nitrogens with zero attached hydrogens (tertiary/aromatic N) is 3. The van der Waals surface area contributed by atoms with Crippen molar-refractivity contribution in [3.8, 4) is 11.8 Å². The molecule has 1 heterocycles. The molecule has 1 aliphatic heterocycles. The molecule has 4 nitrogen and oxygen atoms in total. The third kappa shape index (κ3) is 4.45. The second-order valence-electron chi connectivity index (χ2n) is 6.12. The molecule has 2 rings (SSSR count). The number of rotatable bonds is 5. The molecule has 21 heavy (non-hydrogen) atoms. The number of benzene rings is 1. The van der Waals surface area contributed by atoms with E-state index in [0.29, 0.717) is 11.3 Å². The van der Waals surface area contributed by atoms with E-state index >= 15 is 0 Å². The molecule has 1 saturated heterocycles.